The minimum Gasteiger partial charge on any atom is -0.352 e. The van der Waals surface area contributed by atoms with Gasteiger partial charge < -0.3 is 11.1 Å². The number of hydrogen-bond donors (Lipinski definition) is 2. The molecule has 0 aromatic carbocycles. The van der Waals surface area contributed by atoms with E-state index in [4.69, 9.17) is 5.73 Å². The predicted molar refractivity (Wildman–Crippen MR) is 81.0 cm³/mol. The molecule has 4 rings (SSSR count). The van der Waals surface area contributed by atoms with Crippen LogP contribution < -0.4 is 11.1 Å². The van der Waals surface area contributed by atoms with E-state index in [-0.39, 0.29) is 6.04 Å². The fourth-order valence-electron chi connectivity index (χ4n) is 5.35. The van der Waals surface area contributed by atoms with Gasteiger partial charge in [-0.15, -0.1) is 0 Å². The highest BCUT2D eigenvalue weighted by Gasteiger charge is 2.50. The van der Waals surface area contributed by atoms with Crippen LogP contribution in [0.2, 0.25) is 0 Å². The second-order valence-electron chi connectivity index (χ2n) is 7.54. The van der Waals surface area contributed by atoms with Crippen LogP contribution in [0.25, 0.3) is 0 Å². The normalized spacial score (nSPS) is 39.8. The van der Waals surface area contributed by atoms with E-state index >= 15 is 0 Å². The van der Waals surface area contributed by atoms with E-state index in [1.54, 1.807) is 0 Å². The summed E-state index contributed by atoms with van der Waals surface area (Å²) in [4.78, 5) is 12.7. The highest BCUT2D eigenvalue weighted by molar-refractivity contribution is 5.80. The molecule has 0 aromatic heterocycles. The second kappa shape index (κ2) is 6.05. The van der Waals surface area contributed by atoms with Gasteiger partial charge >= 0.3 is 0 Å². The molecule has 1 atom stereocenters. The van der Waals surface area contributed by atoms with Crippen molar-refractivity contribution in [3.05, 3.63) is 0 Å². The first-order valence-electron chi connectivity index (χ1n) is 8.71. The van der Waals surface area contributed by atoms with Crippen molar-refractivity contribution >= 4 is 5.91 Å². The molecule has 0 saturated heterocycles. The van der Waals surface area contributed by atoms with E-state index in [0.717, 1.165) is 24.7 Å². The summed E-state index contributed by atoms with van der Waals surface area (Å²) in [5.74, 6) is 3.86. The quantitative estimate of drug-likeness (QED) is 0.785. The molecular weight excluding hydrogens is 248 g/mol. The van der Waals surface area contributed by atoms with Crippen LogP contribution in [0.3, 0.4) is 0 Å². The lowest BCUT2D eigenvalue weighted by molar-refractivity contribution is -0.138. The van der Waals surface area contributed by atoms with Gasteiger partial charge in [0.15, 0.2) is 0 Å². The SMILES string of the molecule is CCCCC(CN)NC(=O)C1C2CC3CC(C2)CC1C3. The Kier molecular flexibility index (Phi) is 4.34. The summed E-state index contributed by atoms with van der Waals surface area (Å²) in [5.41, 5.74) is 5.82. The lowest BCUT2D eigenvalue weighted by atomic mass is 9.51. The Bertz CT molecular complexity index is 327. The van der Waals surface area contributed by atoms with E-state index in [1.807, 2.05) is 0 Å². The van der Waals surface area contributed by atoms with Gasteiger partial charge in [0.2, 0.25) is 5.91 Å². The summed E-state index contributed by atoms with van der Waals surface area (Å²) in [6, 6.07) is 0.194. The van der Waals surface area contributed by atoms with Gasteiger partial charge in [0.1, 0.15) is 0 Å². The van der Waals surface area contributed by atoms with Crippen molar-refractivity contribution in [3.8, 4) is 0 Å². The Morgan fingerprint density at radius 3 is 2.25 bits per heavy atom. The first-order chi connectivity index (χ1) is 9.71. The molecule has 1 unspecified atom stereocenters. The molecule has 4 fully saturated rings. The van der Waals surface area contributed by atoms with Crippen molar-refractivity contribution in [1.82, 2.24) is 5.32 Å². The monoisotopic (exact) mass is 278 g/mol. The molecule has 4 aliphatic rings. The first kappa shape index (κ1) is 14.4. The van der Waals surface area contributed by atoms with Crippen LogP contribution in [0.4, 0.5) is 0 Å². The second-order valence-corrected chi connectivity index (χ2v) is 7.54. The van der Waals surface area contributed by atoms with Gasteiger partial charge in [0.05, 0.1) is 0 Å². The van der Waals surface area contributed by atoms with Gasteiger partial charge in [-0.1, -0.05) is 19.8 Å². The van der Waals surface area contributed by atoms with Crippen LogP contribution in [0.15, 0.2) is 0 Å². The molecule has 3 heteroatoms. The number of hydrogen-bond acceptors (Lipinski definition) is 2. The minimum atomic E-state index is 0.194. The van der Waals surface area contributed by atoms with Crippen LogP contribution in [0.1, 0.15) is 58.3 Å². The van der Waals surface area contributed by atoms with Crippen molar-refractivity contribution in [1.29, 1.82) is 0 Å². The third kappa shape index (κ3) is 2.74. The molecule has 114 valence electrons. The molecule has 1 amide bonds. The van der Waals surface area contributed by atoms with Gasteiger partial charge in [-0.2, -0.15) is 0 Å². The van der Waals surface area contributed by atoms with Crippen molar-refractivity contribution in [2.45, 2.75) is 64.3 Å². The number of nitrogens with two attached hydrogens (primary N) is 1. The maximum Gasteiger partial charge on any atom is 0.223 e. The number of carbonyl (C=O) groups excluding carboxylic acids is 1. The van der Waals surface area contributed by atoms with E-state index in [9.17, 15) is 4.79 Å². The van der Waals surface area contributed by atoms with Gasteiger partial charge in [-0.25, -0.2) is 0 Å². The third-order valence-corrected chi connectivity index (χ3v) is 6.07. The van der Waals surface area contributed by atoms with Gasteiger partial charge in [-0.05, 0) is 62.2 Å². The first-order valence-corrected chi connectivity index (χ1v) is 8.71. The Balaban J connectivity index is 1.59. The van der Waals surface area contributed by atoms with Crippen LogP contribution in [0, 0.1) is 29.6 Å². The number of nitrogens with one attached hydrogen (secondary N) is 1. The fraction of sp³-hybridized carbons (Fsp3) is 0.941. The zero-order chi connectivity index (χ0) is 14.1. The minimum absolute atomic E-state index is 0.194. The van der Waals surface area contributed by atoms with Crippen molar-refractivity contribution in [2.75, 3.05) is 6.54 Å². The molecule has 4 aliphatic carbocycles. The topological polar surface area (TPSA) is 55.1 Å². The highest BCUT2D eigenvalue weighted by Crippen LogP contribution is 2.56. The van der Waals surface area contributed by atoms with Gasteiger partial charge in [0.25, 0.3) is 0 Å². The smallest absolute Gasteiger partial charge is 0.223 e. The molecule has 0 heterocycles. The molecule has 3 N–H and O–H groups in total. The Morgan fingerprint density at radius 2 is 1.75 bits per heavy atom. The lowest BCUT2D eigenvalue weighted by Gasteiger charge is -2.53. The standard InChI is InChI=1S/C17H30N2O/c1-2-3-4-15(10-18)19-17(20)16-13-6-11-5-12(8-13)9-14(16)7-11/h11-16H,2-10,18H2,1H3,(H,19,20). The third-order valence-electron chi connectivity index (χ3n) is 6.07. The van der Waals surface area contributed by atoms with Crippen molar-refractivity contribution in [3.63, 3.8) is 0 Å². The number of rotatable bonds is 6. The van der Waals surface area contributed by atoms with E-state index in [1.165, 1.54) is 38.5 Å². The summed E-state index contributed by atoms with van der Waals surface area (Å²) >= 11 is 0. The number of carbonyl (C=O) groups is 1. The number of unbranched alkanes of at least 4 members (excludes halogenated alkanes) is 1. The summed E-state index contributed by atoms with van der Waals surface area (Å²) in [6.07, 6.45) is 10.1. The van der Waals surface area contributed by atoms with Crippen LogP contribution in [-0.2, 0) is 4.79 Å². The van der Waals surface area contributed by atoms with E-state index in [0.29, 0.717) is 30.2 Å². The van der Waals surface area contributed by atoms with Crippen LogP contribution in [-0.4, -0.2) is 18.5 Å². The average molecular weight is 278 g/mol. The maximum atomic E-state index is 12.7. The molecular formula is C17H30N2O. The van der Waals surface area contributed by atoms with E-state index < -0.39 is 0 Å². The predicted octanol–water partition coefficient (Wildman–Crippen LogP) is 2.69. The molecule has 0 aliphatic heterocycles. The molecule has 0 aromatic rings. The lowest BCUT2D eigenvalue weighted by Crippen LogP contribution is -2.53. The highest BCUT2D eigenvalue weighted by atomic mass is 16.2. The molecule has 3 nitrogen and oxygen atoms in total. The molecule has 0 radical (unpaired) electrons. The fourth-order valence-corrected chi connectivity index (χ4v) is 5.35. The Labute approximate surface area is 123 Å². The van der Waals surface area contributed by atoms with E-state index in [2.05, 4.69) is 12.2 Å². The number of amides is 1. The molecule has 4 bridgehead atoms. The zero-order valence-electron chi connectivity index (χ0n) is 12.8. The molecule has 20 heavy (non-hydrogen) atoms. The van der Waals surface area contributed by atoms with Crippen molar-refractivity contribution < 1.29 is 4.79 Å². The van der Waals surface area contributed by atoms with Gasteiger partial charge in [-0.3, -0.25) is 4.79 Å². The molecule has 4 saturated carbocycles. The van der Waals surface area contributed by atoms with Crippen molar-refractivity contribution in [2.24, 2.45) is 35.3 Å². The summed E-state index contributed by atoms with van der Waals surface area (Å²) in [6.45, 7) is 2.77. The Hall–Kier alpha value is -0.570. The maximum absolute atomic E-state index is 12.7. The largest absolute Gasteiger partial charge is 0.352 e. The summed E-state index contributed by atoms with van der Waals surface area (Å²) in [5, 5.41) is 3.27. The van der Waals surface area contributed by atoms with Gasteiger partial charge in [0, 0.05) is 18.5 Å². The zero-order valence-corrected chi connectivity index (χ0v) is 12.8. The Morgan fingerprint density at radius 1 is 1.15 bits per heavy atom. The van der Waals surface area contributed by atoms with Crippen LogP contribution >= 0.6 is 0 Å². The van der Waals surface area contributed by atoms with Crippen LogP contribution in [0.5, 0.6) is 0 Å². The summed E-state index contributed by atoms with van der Waals surface area (Å²) < 4.78 is 0. The summed E-state index contributed by atoms with van der Waals surface area (Å²) in [7, 11) is 0. The average Bonchev–Trinajstić information content (AvgIpc) is 2.42. The molecule has 0 spiro atoms.